The summed E-state index contributed by atoms with van der Waals surface area (Å²) in [6.45, 7) is 1.25. The number of Topliss-reactive ketones (excluding diaryl/α,β-unsaturated/α-hetero) is 2. The number of hydrogen-bond donors (Lipinski definition) is 0. The van der Waals surface area contributed by atoms with Crippen LogP contribution >= 0.6 is 23.2 Å². The van der Waals surface area contributed by atoms with E-state index in [1.165, 1.54) is 6.92 Å². The van der Waals surface area contributed by atoms with E-state index in [1.54, 1.807) is 0 Å². The molecule has 0 fully saturated rings. The summed E-state index contributed by atoms with van der Waals surface area (Å²) < 4.78 is 0. The van der Waals surface area contributed by atoms with Gasteiger partial charge in [0.25, 0.3) is 0 Å². The van der Waals surface area contributed by atoms with Crippen LogP contribution in [0.4, 0.5) is 0 Å². The molecule has 0 aromatic carbocycles. The van der Waals surface area contributed by atoms with E-state index in [9.17, 15) is 9.59 Å². The highest BCUT2D eigenvalue weighted by Gasteiger charge is 2.17. The van der Waals surface area contributed by atoms with Gasteiger partial charge in [0.1, 0.15) is 0 Å². The molecule has 0 aliphatic carbocycles. The standard InChI is InChI=1S/C5H6Cl2O2/c1-3(8)5(7)4(9)2-6/h5H,2H2,1H3. The summed E-state index contributed by atoms with van der Waals surface area (Å²) in [6, 6.07) is 0. The summed E-state index contributed by atoms with van der Waals surface area (Å²) in [4.78, 5) is 20.8. The lowest BCUT2D eigenvalue weighted by Gasteiger charge is -1.97. The second kappa shape index (κ2) is 3.85. The van der Waals surface area contributed by atoms with Gasteiger partial charge in [-0.2, -0.15) is 0 Å². The Morgan fingerprint density at radius 3 is 2.11 bits per heavy atom. The summed E-state index contributed by atoms with van der Waals surface area (Å²) >= 11 is 10.4. The Balaban J connectivity index is 3.88. The van der Waals surface area contributed by atoms with Crippen LogP contribution in [0.15, 0.2) is 0 Å². The van der Waals surface area contributed by atoms with E-state index >= 15 is 0 Å². The third kappa shape index (κ3) is 2.82. The molecular formula is C5H6Cl2O2. The van der Waals surface area contributed by atoms with Gasteiger partial charge < -0.3 is 0 Å². The SMILES string of the molecule is CC(=O)C(Cl)C(=O)CCl. The van der Waals surface area contributed by atoms with E-state index in [2.05, 4.69) is 0 Å². The first kappa shape index (κ1) is 8.92. The fraction of sp³-hybridized carbons (Fsp3) is 0.600. The van der Waals surface area contributed by atoms with E-state index in [0.717, 1.165) is 0 Å². The number of rotatable bonds is 3. The van der Waals surface area contributed by atoms with E-state index in [-0.39, 0.29) is 11.7 Å². The topological polar surface area (TPSA) is 34.1 Å². The Kier molecular flexibility index (Phi) is 3.82. The van der Waals surface area contributed by atoms with Gasteiger partial charge in [-0.3, -0.25) is 9.59 Å². The first-order valence-corrected chi connectivity index (χ1v) is 3.30. The second-order valence-electron chi connectivity index (χ2n) is 1.57. The maximum atomic E-state index is 10.5. The quantitative estimate of drug-likeness (QED) is 0.466. The zero-order chi connectivity index (χ0) is 7.44. The lowest BCUT2D eigenvalue weighted by Crippen LogP contribution is -2.23. The second-order valence-corrected chi connectivity index (χ2v) is 2.28. The highest BCUT2D eigenvalue weighted by atomic mass is 35.5. The molecule has 0 N–H and O–H groups in total. The normalized spacial score (nSPS) is 12.8. The molecule has 0 saturated heterocycles. The molecule has 0 amide bonds. The number of hydrogen-bond acceptors (Lipinski definition) is 2. The van der Waals surface area contributed by atoms with Crippen molar-refractivity contribution in [2.45, 2.75) is 12.3 Å². The van der Waals surface area contributed by atoms with Crippen LogP contribution in [0.2, 0.25) is 0 Å². The van der Waals surface area contributed by atoms with Crippen LogP contribution in [0.1, 0.15) is 6.92 Å². The van der Waals surface area contributed by atoms with Gasteiger partial charge in [-0.15, -0.1) is 23.2 Å². The van der Waals surface area contributed by atoms with Crippen molar-refractivity contribution < 1.29 is 9.59 Å². The Bertz CT molecular complexity index is 133. The molecule has 0 aromatic rings. The van der Waals surface area contributed by atoms with Gasteiger partial charge in [-0.1, -0.05) is 0 Å². The van der Waals surface area contributed by atoms with E-state index in [4.69, 9.17) is 23.2 Å². The Hall–Kier alpha value is -0.0800. The Morgan fingerprint density at radius 1 is 1.56 bits per heavy atom. The third-order valence-electron chi connectivity index (χ3n) is 0.771. The maximum absolute atomic E-state index is 10.5. The van der Waals surface area contributed by atoms with Gasteiger partial charge in [0.05, 0.1) is 5.88 Å². The molecule has 0 aliphatic rings. The molecule has 0 heterocycles. The van der Waals surface area contributed by atoms with Crippen molar-refractivity contribution in [2.75, 3.05) is 5.88 Å². The lowest BCUT2D eigenvalue weighted by molar-refractivity contribution is -0.124. The number of ketones is 2. The third-order valence-corrected chi connectivity index (χ3v) is 1.59. The minimum absolute atomic E-state index is 0.201. The largest absolute Gasteiger partial charge is 0.298 e. The highest BCUT2D eigenvalue weighted by Crippen LogP contribution is 1.99. The molecule has 1 unspecified atom stereocenters. The summed E-state index contributed by atoms with van der Waals surface area (Å²) in [6.07, 6.45) is 0. The summed E-state index contributed by atoms with van der Waals surface area (Å²) in [7, 11) is 0. The van der Waals surface area contributed by atoms with Gasteiger partial charge in [0.15, 0.2) is 16.9 Å². The molecule has 0 bridgehead atoms. The zero-order valence-electron chi connectivity index (χ0n) is 4.86. The van der Waals surface area contributed by atoms with Gasteiger partial charge in [0.2, 0.25) is 0 Å². The first-order chi connectivity index (χ1) is 4.09. The van der Waals surface area contributed by atoms with E-state index in [1.807, 2.05) is 0 Å². The molecule has 0 radical (unpaired) electrons. The smallest absolute Gasteiger partial charge is 0.172 e. The van der Waals surface area contributed by atoms with Crippen molar-refractivity contribution in [3.05, 3.63) is 0 Å². The Labute approximate surface area is 63.1 Å². The number of halogens is 2. The van der Waals surface area contributed by atoms with Crippen LogP contribution in [0.3, 0.4) is 0 Å². The molecule has 0 spiro atoms. The van der Waals surface area contributed by atoms with Crippen LogP contribution in [-0.2, 0) is 9.59 Å². The fourth-order valence-electron chi connectivity index (χ4n) is 0.294. The summed E-state index contributed by atoms with van der Waals surface area (Å²) in [5.74, 6) is -0.999. The molecule has 52 valence electrons. The van der Waals surface area contributed by atoms with Crippen LogP contribution in [0.5, 0.6) is 0 Å². The van der Waals surface area contributed by atoms with Crippen LogP contribution in [0, 0.1) is 0 Å². The number of carbonyl (C=O) groups excluding carboxylic acids is 2. The number of alkyl halides is 2. The van der Waals surface area contributed by atoms with Gasteiger partial charge in [-0.25, -0.2) is 0 Å². The number of carbonyl (C=O) groups is 2. The molecule has 2 nitrogen and oxygen atoms in total. The molecule has 9 heavy (non-hydrogen) atoms. The van der Waals surface area contributed by atoms with Gasteiger partial charge in [0, 0.05) is 0 Å². The minimum Gasteiger partial charge on any atom is -0.298 e. The van der Waals surface area contributed by atoms with Crippen LogP contribution in [-0.4, -0.2) is 22.8 Å². The van der Waals surface area contributed by atoms with Crippen molar-refractivity contribution in [2.24, 2.45) is 0 Å². The van der Waals surface area contributed by atoms with Gasteiger partial charge >= 0.3 is 0 Å². The van der Waals surface area contributed by atoms with Crippen molar-refractivity contribution in [1.29, 1.82) is 0 Å². The van der Waals surface area contributed by atoms with Crippen molar-refractivity contribution in [3.8, 4) is 0 Å². The predicted octanol–water partition coefficient (Wildman–Crippen LogP) is 0.991. The minimum atomic E-state index is -1.05. The van der Waals surface area contributed by atoms with E-state index < -0.39 is 11.2 Å². The summed E-state index contributed by atoms with van der Waals surface area (Å²) in [5.41, 5.74) is 0. The summed E-state index contributed by atoms with van der Waals surface area (Å²) in [5, 5.41) is -1.05. The maximum Gasteiger partial charge on any atom is 0.172 e. The zero-order valence-corrected chi connectivity index (χ0v) is 6.37. The van der Waals surface area contributed by atoms with Gasteiger partial charge in [-0.05, 0) is 6.92 Å². The highest BCUT2D eigenvalue weighted by molar-refractivity contribution is 6.45. The Morgan fingerprint density at radius 2 is 2.00 bits per heavy atom. The monoisotopic (exact) mass is 168 g/mol. The molecule has 1 atom stereocenters. The molecule has 0 rings (SSSR count). The molecule has 4 heteroatoms. The van der Waals surface area contributed by atoms with Crippen LogP contribution in [0.25, 0.3) is 0 Å². The van der Waals surface area contributed by atoms with Crippen LogP contribution < -0.4 is 0 Å². The molecule has 0 saturated carbocycles. The fourth-order valence-corrected chi connectivity index (χ4v) is 0.605. The van der Waals surface area contributed by atoms with Crippen molar-refractivity contribution in [3.63, 3.8) is 0 Å². The molecular weight excluding hydrogens is 163 g/mol. The predicted molar refractivity (Wildman–Crippen MR) is 36.0 cm³/mol. The molecule has 0 aliphatic heterocycles. The first-order valence-electron chi connectivity index (χ1n) is 2.32. The lowest BCUT2D eigenvalue weighted by atomic mass is 10.2. The van der Waals surface area contributed by atoms with Crippen molar-refractivity contribution >= 4 is 34.8 Å². The average Bonchev–Trinajstić information content (AvgIpc) is 1.84. The average molecular weight is 169 g/mol. The van der Waals surface area contributed by atoms with E-state index in [0.29, 0.717) is 0 Å². The van der Waals surface area contributed by atoms with Crippen molar-refractivity contribution in [1.82, 2.24) is 0 Å². The molecule has 0 aromatic heterocycles.